The zero-order chi connectivity index (χ0) is 15.2. The van der Waals surface area contributed by atoms with E-state index in [2.05, 4.69) is 11.2 Å². The molecule has 20 heavy (non-hydrogen) atoms. The first kappa shape index (κ1) is 16.3. The number of hydrogen-bond acceptors (Lipinski definition) is 4. The normalized spacial score (nSPS) is 18.6. The van der Waals surface area contributed by atoms with Crippen LogP contribution in [0.5, 0.6) is 0 Å². The summed E-state index contributed by atoms with van der Waals surface area (Å²) >= 11 is 0. The minimum absolute atomic E-state index is 0.0903. The molecule has 0 bridgehead atoms. The highest BCUT2D eigenvalue weighted by Crippen LogP contribution is 2.21. The Labute approximate surface area is 117 Å². The lowest BCUT2D eigenvalue weighted by Crippen LogP contribution is -2.52. The first-order valence-electron chi connectivity index (χ1n) is 6.36. The maximum Gasteiger partial charge on any atom is 0.327 e. The van der Waals surface area contributed by atoms with Crippen molar-refractivity contribution in [1.29, 1.82) is 0 Å². The van der Waals surface area contributed by atoms with Gasteiger partial charge in [0.25, 0.3) is 0 Å². The average Bonchev–Trinajstić information content (AvgIpc) is 2.38. The highest BCUT2D eigenvalue weighted by Gasteiger charge is 2.33. The molecular weight excluding hydrogens is 264 g/mol. The Balaban J connectivity index is 2.53. The Morgan fingerprint density at radius 2 is 2.10 bits per heavy atom. The largest absolute Gasteiger partial charge is 0.480 e. The van der Waals surface area contributed by atoms with Gasteiger partial charge in [0.1, 0.15) is 6.04 Å². The van der Waals surface area contributed by atoms with Gasteiger partial charge in [-0.1, -0.05) is 0 Å². The van der Waals surface area contributed by atoms with Crippen LogP contribution in [0.25, 0.3) is 0 Å². The number of ether oxygens (including phenoxy) is 1. The predicted octanol–water partition coefficient (Wildman–Crippen LogP) is -0.354. The zero-order valence-electron chi connectivity index (χ0n) is 11.5. The smallest absolute Gasteiger partial charge is 0.327 e. The predicted molar refractivity (Wildman–Crippen MR) is 71.0 cm³/mol. The van der Waals surface area contributed by atoms with Crippen LogP contribution in [0.3, 0.4) is 0 Å². The molecule has 112 valence electrons. The second-order valence-corrected chi connectivity index (χ2v) is 4.94. The van der Waals surface area contributed by atoms with Crippen LogP contribution in [0, 0.1) is 12.3 Å². The number of amides is 2. The minimum Gasteiger partial charge on any atom is -0.480 e. The number of likely N-dealkylation sites (N-methyl/N-ethyl adjacent to an activating group) is 1. The zero-order valence-corrected chi connectivity index (χ0v) is 11.5. The van der Waals surface area contributed by atoms with E-state index in [1.54, 1.807) is 0 Å². The van der Waals surface area contributed by atoms with Crippen LogP contribution in [-0.2, 0) is 9.53 Å². The third-order valence-electron chi connectivity index (χ3n) is 3.22. The highest BCUT2D eigenvalue weighted by molar-refractivity contribution is 5.82. The summed E-state index contributed by atoms with van der Waals surface area (Å²) in [4.78, 5) is 24.1. The summed E-state index contributed by atoms with van der Waals surface area (Å²) < 4.78 is 5.16. The van der Waals surface area contributed by atoms with Crippen molar-refractivity contribution in [3.05, 3.63) is 0 Å². The molecule has 1 saturated heterocycles. The van der Waals surface area contributed by atoms with E-state index >= 15 is 0 Å². The number of terminal acetylenes is 1. The number of urea groups is 1. The van der Waals surface area contributed by atoms with Gasteiger partial charge >= 0.3 is 12.0 Å². The molecule has 0 radical (unpaired) electrons. The van der Waals surface area contributed by atoms with Crippen LogP contribution in [0.4, 0.5) is 4.79 Å². The molecular formula is C13H20N2O5. The van der Waals surface area contributed by atoms with Gasteiger partial charge in [-0.2, -0.15) is 0 Å². The lowest BCUT2D eigenvalue weighted by atomic mass is 9.94. The lowest BCUT2D eigenvalue weighted by Gasteiger charge is -2.35. The van der Waals surface area contributed by atoms with E-state index in [1.165, 1.54) is 11.9 Å². The number of rotatable bonds is 5. The van der Waals surface area contributed by atoms with Crippen LogP contribution in [-0.4, -0.2) is 65.6 Å². The second kappa shape index (κ2) is 7.12. The lowest BCUT2D eigenvalue weighted by molar-refractivity contribution is -0.139. The van der Waals surface area contributed by atoms with Gasteiger partial charge in [-0.05, 0) is 0 Å². The Hall–Kier alpha value is -1.78. The first-order chi connectivity index (χ1) is 9.38. The third kappa shape index (κ3) is 4.72. The summed E-state index contributed by atoms with van der Waals surface area (Å²) in [5.74, 6) is 1.02. The van der Waals surface area contributed by atoms with Crippen molar-refractivity contribution in [2.24, 2.45) is 0 Å². The van der Waals surface area contributed by atoms with Gasteiger partial charge in [0.05, 0.1) is 12.1 Å². The van der Waals surface area contributed by atoms with Gasteiger partial charge in [0.2, 0.25) is 0 Å². The van der Waals surface area contributed by atoms with E-state index in [9.17, 15) is 14.7 Å². The third-order valence-corrected chi connectivity index (χ3v) is 3.22. The maximum absolute atomic E-state index is 11.9. The van der Waals surface area contributed by atoms with Crippen LogP contribution >= 0.6 is 0 Å². The van der Waals surface area contributed by atoms with Gasteiger partial charge < -0.3 is 25.2 Å². The van der Waals surface area contributed by atoms with Gasteiger partial charge in [-0.25, -0.2) is 9.59 Å². The fraction of sp³-hybridized carbons (Fsp3) is 0.692. The second-order valence-electron chi connectivity index (χ2n) is 4.94. The van der Waals surface area contributed by atoms with Gasteiger partial charge in [-0.15, -0.1) is 12.3 Å². The number of carboxylic acids is 1. The van der Waals surface area contributed by atoms with Crippen molar-refractivity contribution in [3.63, 3.8) is 0 Å². The molecule has 1 rings (SSSR count). The van der Waals surface area contributed by atoms with E-state index in [4.69, 9.17) is 16.3 Å². The summed E-state index contributed by atoms with van der Waals surface area (Å²) in [7, 11) is 1.50. The summed E-state index contributed by atoms with van der Waals surface area (Å²) in [5, 5.41) is 21.5. The molecule has 0 aliphatic carbocycles. The Morgan fingerprint density at radius 3 is 2.60 bits per heavy atom. The van der Waals surface area contributed by atoms with Crippen LogP contribution in [0.1, 0.15) is 19.3 Å². The van der Waals surface area contributed by atoms with Crippen molar-refractivity contribution < 1.29 is 24.5 Å². The minimum atomic E-state index is -1.19. The average molecular weight is 284 g/mol. The number of aliphatic hydroxyl groups is 1. The molecule has 7 heteroatoms. The SMILES string of the molecule is C#CCC(NC(=O)N(C)CC1(O)CCOCC1)C(=O)O. The summed E-state index contributed by atoms with van der Waals surface area (Å²) in [6.45, 7) is 1.01. The van der Waals surface area contributed by atoms with Crippen molar-refractivity contribution in [3.8, 4) is 12.3 Å². The van der Waals surface area contributed by atoms with E-state index in [0.29, 0.717) is 26.1 Å². The molecule has 1 unspecified atom stereocenters. The Kier molecular flexibility index (Phi) is 5.80. The highest BCUT2D eigenvalue weighted by atomic mass is 16.5. The molecule has 0 saturated carbocycles. The van der Waals surface area contributed by atoms with E-state index in [0.717, 1.165) is 0 Å². The molecule has 0 aromatic carbocycles. The van der Waals surface area contributed by atoms with Crippen molar-refractivity contribution in [2.45, 2.75) is 30.9 Å². The maximum atomic E-state index is 11.9. The van der Waals surface area contributed by atoms with Crippen LogP contribution in [0.15, 0.2) is 0 Å². The fourth-order valence-electron chi connectivity index (χ4n) is 2.00. The molecule has 7 nitrogen and oxygen atoms in total. The Bertz CT molecular complexity index is 398. The molecule has 0 spiro atoms. The van der Waals surface area contributed by atoms with Gasteiger partial charge in [0.15, 0.2) is 0 Å². The number of aliphatic carboxylic acids is 1. The molecule has 1 aliphatic heterocycles. The molecule has 0 aromatic rings. The molecule has 1 fully saturated rings. The summed E-state index contributed by atoms with van der Waals surface area (Å²) in [6, 6.07) is -1.70. The quantitative estimate of drug-likeness (QED) is 0.599. The molecule has 1 atom stereocenters. The topological polar surface area (TPSA) is 99.1 Å². The number of nitrogens with zero attached hydrogens (tertiary/aromatic N) is 1. The van der Waals surface area contributed by atoms with Crippen molar-refractivity contribution >= 4 is 12.0 Å². The molecule has 1 aliphatic rings. The Morgan fingerprint density at radius 1 is 1.50 bits per heavy atom. The molecule has 1 heterocycles. The molecule has 2 amide bonds. The fourth-order valence-corrected chi connectivity index (χ4v) is 2.00. The first-order valence-corrected chi connectivity index (χ1v) is 6.36. The number of nitrogens with one attached hydrogen (secondary N) is 1. The van der Waals surface area contributed by atoms with Crippen LogP contribution < -0.4 is 5.32 Å². The molecule has 0 aromatic heterocycles. The van der Waals surface area contributed by atoms with Crippen molar-refractivity contribution in [1.82, 2.24) is 10.2 Å². The van der Waals surface area contributed by atoms with E-state index < -0.39 is 23.6 Å². The monoisotopic (exact) mass is 284 g/mol. The van der Waals surface area contributed by atoms with Crippen molar-refractivity contribution in [2.75, 3.05) is 26.8 Å². The number of hydrogen-bond donors (Lipinski definition) is 3. The number of carboxylic acid groups (broad SMARTS) is 1. The standard InChI is InChI=1S/C13H20N2O5/c1-3-4-10(11(16)17)14-12(18)15(2)9-13(19)5-7-20-8-6-13/h1,10,19H,4-9H2,2H3,(H,14,18)(H,16,17). The van der Waals surface area contributed by atoms with Gasteiger partial charge in [0, 0.05) is 39.5 Å². The van der Waals surface area contributed by atoms with Crippen LogP contribution in [0.2, 0.25) is 0 Å². The van der Waals surface area contributed by atoms with Gasteiger partial charge in [-0.3, -0.25) is 0 Å². The number of carbonyl (C=O) groups is 2. The molecule has 3 N–H and O–H groups in total. The van der Waals surface area contributed by atoms with E-state index in [1.807, 2.05) is 0 Å². The van der Waals surface area contributed by atoms with E-state index in [-0.39, 0.29) is 13.0 Å². The summed E-state index contributed by atoms with van der Waals surface area (Å²) in [6.07, 6.45) is 5.85. The summed E-state index contributed by atoms with van der Waals surface area (Å²) in [5.41, 5.74) is -0.991. The number of carbonyl (C=O) groups excluding carboxylic acids is 1.